The van der Waals surface area contributed by atoms with E-state index in [2.05, 4.69) is 37.9 Å². The molecule has 0 saturated carbocycles. The molecule has 28 heavy (non-hydrogen) atoms. The summed E-state index contributed by atoms with van der Waals surface area (Å²) in [6.45, 7) is 1.46. The predicted octanol–water partition coefficient (Wildman–Crippen LogP) is 3.20. The van der Waals surface area contributed by atoms with Crippen molar-refractivity contribution < 1.29 is 9.47 Å². The number of anilines is 2. The molecule has 7 nitrogen and oxygen atoms in total. The van der Waals surface area contributed by atoms with Crippen LogP contribution >= 0.6 is 0 Å². The largest absolute Gasteiger partial charge is 0.497 e. The molecule has 3 aromatic rings. The lowest BCUT2D eigenvalue weighted by Crippen LogP contribution is -2.12. The number of ether oxygens (including phenoxy) is 2. The molecule has 0 atom stereocenters. The third-order valence-corrected chi connectivity index (χ3v) is 4.24. The number of benzene rings is 2. The Morgan fingerprint density at radius 3 is 2.04 bits per heavy atom. The second-order valence-corrected chi connectivity index (χ2v) is 6.22. The van der Waals surface area contributed by atoms with Crippen LogP contribution in [0.1, 0.15) is 11.1 Å². The van der Waals surface area contributed by atoms with Crippen LogP contribution in [-0.4, -0.2) is 42.5 Å². The summed E-state index contributed by atoms with van der Waals surface area (Å²) >= 11 is 0. The van der Waals surface area contributed by atoms with Gasteiger partial charge < -0.3 is 20.1 Å². The number of nitrogens with one attached hydrogen (secondary N) is 2. The Morgan fingerprint density at radius 2 is 1.43 bits per heavy atom. The van der Waals surface area contributed by atoms with Gasteiger partial charge >= 0.3 is 0 Å². The highest BCUT2D eigenvalue weighted by Crippen LogP contribution is 2.14. The Bertz CT molecular complexity index is 819. The van der Waals surface area contributed by atoms with Gasteiger partial charge in [-0.3, -0.25) is 0 Å². The van der Waals surface area contributed by atoms with Gasteiger partial charge in [-0.25, -0.2) is 0 Å². The Morgan fingerprint density at radius 1 is 0.821 bits per heavy atom. The second kappa shape index (κ2) is 10.1. The smallest absolute Gasteiger partial charge is 0.244 e. The second-order valence-electron chi connectivity index (χ2n) is 6.22. The van der Waals surface area contributed by atoms with Crippen LogP contribution in [0.4, 0.5) is 11.8 Å². The van der Waals surface area contributed by atoms with Gasteiger partial charge in [0.1, 0.15) is 11.5 Å². The molecule has 1 aromatic heterocycles. The summed E-state index contributed by atoms with van der Waals surface area (Å²) in [5.41, 5.74) is 2.39. The van der Waals surface area contributed by atoms with Crippen molar-refractivity contribution in [1.82, 2.24) is 15.2 Å². The minimum absolute atomic E-state index is 0.509. The van der Waals surface area contributed by atoms with Gasteiger partial charge in [-0.2, -0.15) is 10.1 Å². The SMILES string of the molecule is COc1cccc(CCNc2cnnc(NCCc3cccc(OC)c3)n2)c1. The molecule has 0 aliphatic heterocycles. The van der Waals surface area contributed by atoms with Crippen molar-refractivity contribution >= 4 is 11.8 Å². The molecule has 0 aliphatic rings. The fraction of sp³-hybridized carbons (Fsp3) is 0.286. The van der Waals surface area contributed by atoms with Gasteiger partial charge in [0.05, 0.1) is 20.4 Å². The first-order valence-corrected chi connectivity index (χ1v) is 9.20. The summed E-state index contributed by atoms with van der Waals surface area (Å²) < 4.78 is 10.5. The van der Waals surface area contributed by atoms with Crippen LogP contribution in [0.2, 0.25) is 0 Å². The molecule has 3 rings (SSSR count). The summed E-state index contributed by atoms with van der Waals surface area (Å²) in [4.78, 5) is 4.46. The molecule has 0 amide bonds. The molecule has 146 valence electrons. The molecule has 2 N–H and O–H groups in total. The van der Waals surface area contributed by atoms with E-state index in [1.807, 2.05) is 36.4 Å². The summed E-state index contributed by atoms with van der Waals surface area (Å²) in [5.74, 6) is 2.93. The van der Waals surface area contributed by atoms with Crippen molar-refractivity contribution in [3.8, 4) is 11.5 Å². The Hall–Kier alpha value is -3.35. The number of methoxy groups -OCH3 is 2. The summed E-state index contributed by atoms with van der Waals surface area (Å²) in [6, 6.07) is 16.1. The number of hydrogen-bond donors (Lipinski definition) is 2. The molecule has 1 heterocycles. The zero-order chi connectivity index (χ0) is 19.6. The van der Waals surface area contributed by atoms with E-state index in [1.165, 1.54) is 11.1 Å². The maximum absolute atomic E-state index is 5.25. The van der Waals surface area contributed by atoms with Crippen molar-refractivity contribution in [2.45, 2.75) is 12.8 Å². The highest BCUT2D eigenvalue weighted by Gasteiger charge is 2.02. The van der Waals surface area contributed by atoms with Gasteiger partial charge in [-0.1, -0.05) is 24.3 Å². The van der Waals surface area contributed by atoms with Crippen LogP contribution in [0.25, 0.3) is 0 Å². The molecule has 0 spiro atoms. The van der Waals surface area contributed by atoms with Crippen molar-refractivity contribution in [2.24, 2.45) is 0 Å². The van der Waals surface area contributed by atoms with E-state index >= 15 is 0 Å². The lowest BCUT2D eigenvalue weighted by molar-refractivity contribution is 0.414. The standard InChI is InChI=1S/C21H25N5O2/c1-27-18-7-3-5-16(13-18)9-11-22-20-15-24-26-21(25-20)23-12-10-17-6-4-8-19(14-17)28-2/h3-8,13-15H,9-12H2,1-2H3,(H2,22,23,25,26). The fourth-order valence-electron chi connectivity index (χ4n) is 2.77. The third kappa shape index (κ3) is 5.84. The molecule has 0 bridgehead atoms. The third-order valence-electron chi connectivity index (χ3n) is 4.24. The van der Waals surface area contributed by atoms with Crippen LogP contribution < -0.4 is 20.1 Å². The molecular weight excluding hydrogens is 354 g/mol. The maximum Gasteiger partial charge on any atom is 0.244 e. The highest BCUT2D eigenvalue weighted by molar-refractivity contribution is 5.38. The van der Waals surface area contributed by atoms with Crippen LogP contribution in [0.5, 0.6) is 11.5 Å². The van der Waals surface area contributed by atoms with Crippen molar-refractivity contribution in [3.63, 3.8) is 0 Å². The molecular formula is C21H25N5O2. The minimum atomic E-state index is 0.509. The average Bonchev–Trinajstić information content (AvgIpc) is 2.74. The van der Waals surface area contributed by atoms with Crippen LogP contribution in [0.3, 0.4) is 0 Å². The minimum Gasteiger partial charge on any atom is -0.497 e. The molecule has 2 aromatic carbocycles. The molecule has 0 saturated heterocycles. The molecule has 0 aliphatic carbocycles. The highest BCUT2D eigenvalue weighted by atomic mass is 16.5. The van der Waals surface area contributed by atoms with Crippen LogP contribution in [0, 0.1) is 0 Å². The molecule has 0 radical (unpaired) electrons. The van der Waals surface area contributed by atoms with Gasteiger partial charge in [0.15, 0.2) is 5.82 Å². The first-order chi connectivity index (χ1) is 13.8. The van der Waals surface area contributed by atoms with Crippen molar-refractivity contribution in [3.05, 3.63) is 65.9 Å². The number of hydrogen-bond acceptors (Lipinski definition) is 7. The Kier molecular flexibility index (Phi) is 7.01. The molecule has 0 unspecified atom stereocenters. The Labute approximate surface area is 165 Å². The monoisotopic (exact) mass is 379 g/mol. The van der Waals surface area contributed by atoms with E-state index < -0.39 is 0 Å². The van der Waals surface area contributed by atoms with E-state index in [0.29, 0.717) is 18.3 Å². The quantitative estimate of drug-likeness (QED) is 0.560. The zero-order valence-corrected chi connectivity index (χ0v) is 16.2. The molecule has 0 fully saturated rings. The Balaban J connectivity index is 1.46. The van der Waals surface area contributed by atoms with E-state index in [1.54, 1.807) is 20.4 Å². The first kappa shape index (κ1) is 19.4. The summed E-state index contributed by atoms with van der Waals surface area (Å²) in [6.07, 6.45) is 3.33. The van der Waals surface area contributed by atoms with E-state index in [-0.39, 0.29) is 0 Å². The number of aromatic nitrogens is 3. The molecule has 7 heteroatoms. The van der Waals surface area contributed by atoms with Gasteiger partial charge in [-0.15, -0.1) is 5.10 Å². The number of nitrogens with zero attached hydrogens (tertiary/aromatic N) is 3. The van der Waals surface area contributed by atoms with Gasteiger partial charge in [0.25, 0.3) is 0 Å². The van der Waals surface area contributed by atoms with Gasteiger partial charge in [-0.05, 0) is 48.2 Å². The van der Waals surface area contributed by atoms with Crippen molar-refractivity contribution in [2.75, 3.05) is 37.9 Å². The van der Waals surface area contributed by atoms with Crippen LogP contribution in [0.15, 0.2) is 54.7 Å². The maximum atomic E-state index is 5.25. The predicted molar refractivity (Wildman–Crippen MR) is 110 cm³/mol. The first-order valence-electron chi connectivity index (χ1n) is 9.20. The van der Waals surface area contributed by atoms with Gasteiger partial charge in [0.2, 0.25) is 5.95 Å². The lowest BCUT2D eigenvalue weighted by Gasteiger charge is -2.09. The van der Waals surface area contributed by atoms with E-state index in [9.17, 15) is 0 Å². The zero-order valence-electron chi connectivity index (χ0n) is 16.2. The average molecular weight is 379 g/mol. The lowest BCUT2D eigenvalue weighted by atomic mass is 10.1. The summed E-state index contributed by atoms with van der Waals surface area (Å²) in [7, 11) is 3.34. The normalized spacial score (nSPS) is 10.4. The number of rotatable bonds is 10. The van der Waals surface area contributed by atoms with E-state index in [0.717, 1.165) is 30.9 Å². The van der Waals surface area contributed by atoms with Crippen molar-refractivity contribution in [1.29, 1.82) is 0 Å². The fourth-order valence-corrected chi connectivity index (χ4v) is 2.77. The topological polar surface area (TPSA) is 81.2 Å². The van der Waals surface area contributed by atoms with E-state index in [4.69, 9.17) is 9.47 Å². The summed E-state index contributed by atoms with van der Waals surface area (Å²) in [5, 5.41) is 14.5. The van der Waals surface area contributed by atoms with Gasteiger partial charge in [0, 0.05) is 13.1 Å². The van der Waals surface area contributed by atoms with Crippen LogP contribution in [-0.2, 0) is 12.8 Å².